The van der Waals surface area contributed by atoms with Gasteiger partial charge in [0, 0.05) is 12.1 Å². The molecule has 2 rings (SSSR count). The van der Waals surface area contributed by atoms with Crippen LogP contribution in [-0.2, 0) is 11.3 Å². The van der Waals surface area contributed by atoms with Gasteiger partial charge in [0.2, 0.25) is 5.91 Å². The summed E-state index contributed by atoms with van der Waals surface area (Å²) in [5, 5.41) is 2.97. The Hall–Kier alpha value is -1.38. The van der Waals surface area contributed by atoms with E-state index in [1.54, 1.807) is 6.20 Å². The van der Waals surface area contributed by atoms with Crippen LogP contribution in [0.25, 0.3) is 0 Å². The Labute approximate surface area is 103 Å². The molecule has 3 nitrogen and oxygen atoms in total. The molecule has 0 bridgehead atoms. The lowest BCUT2D eigenvalue weighted by atomic mass is 10.0. The molecular formula is C14H20N2O. The number of carbonyl (C=O) groups is 1. The van der Waals surface area contributed by atoms with Crippen molar-refractivity contribution in [3.8, 4) is 0 Å². The summed E-state index contributed by atoms with van der Waals surface area (Å²) in [5.41, 5.74) is 1.10. The molecule has 1 aromatic rings. The average molecular weight is 232 g/mol. The topological polar surface area (TPSA) is 42.0 Å². The molecule has 17 heavy (non-hydrogen) atoms. The summed E-state index contributed by atoms with van der Waals surface area (Å²) in [4.78, 5) is 16.3. The van der Waals surface area contributed by atoms with Gasteiger partial charge in [-0.3, -0.25) is 9.78 Å². The summed E-state index contributed by atoms with van der Waals surface area (Å²) >= 11 is 0. The Morgan fingerprint density at radius 2 is 1.94 bits per heavy atom. The molecule has 0 aliphatic heterocycles. The number of carbonyl (C=O) groups excluding carboxylic acids is 1. The van der Waals surface area contributed by atoms with Gasteiger partial charge in [-0.1, -0.05) is 33.8 Å². The van der Waals surface area contributed by atoms with Gasteiger partial charge in [-0.2, -0.15) is 0 Å². The third-order valence-corrected chi connectivity index (χ3v) is 4.45. The third kappa shape index (κ3) is 1.94. The summed E-state index contributed by atoms with van der Waals surface area (Å²) in [6.45, 7) is 9.12. The van der Waals surface area contributed by atoms with Crippen LogP contribution in [0.1, 0.15) is 33.4 Å². The SMILES string of the molecule is CC1(C)C(C(=O)NCc2ccccn2)C1(C)C. The Morgan fingerprint density at radius 3 is 2.41 bits per heavy atom. The second-order valence-corrected chi connectivity index (χ2v) is 5.92. The molecule has 0 aromatic carbocycles. The van der Waals surface area contributed by atoms with E-state index in [-0.39, 0.29) is 22.7 Å². The number of hydrogen-bond donors (Lipinski definition) is 1. The zero-order valence-electron chi connectivity index (χ0n) is 10.9. The third-order valence-electron chi connectivity index (χ3n) is 4.45. The fourth-order valence-corrected chi connectivity index (χ4v) is 2.63. The van der Waals surface area contributed by atoms with E-state index in [1.165, 1.54) is 0 Å². The predicted octanol–water partition coefficient (Wildman–Crippen LogP) is 2.38. The molecule has 92 valence electrons. The molecule has 1 amide bonds. The molecule has 1 saturated carbocycles. The van der Waals surface area contributed by atoms with Crippen molar-refractivity contribution in [3.05, 3.63) is 30.1 Å². The Morgan fingerprint density at radius 1 is 1.29 bits per heavy atom. The van der Waals surface area contributed by atoms with Crippen LogP contribution in [0.2, 0.25) is 0 Å². The number of aromatic nitrogens is 1. The fraction of sp³-hybridized carbons (Fsp3) is 0.571. The number of pyridine rings is 1. The standard InChI is InChI=1S/C14H20N2O/c1-13(2)11(14(13,3)4)12(17)16-9-10-7-5-6-8-15-10/h5-8,11H,9H2,1-4H3,(H,16,17). The van der Waals surface area contributed by atoms with Crippen LogP contribution in [0.5, 0.6) is 0 Å². The lowest BCUT2D eigenvalue weighted by Gasteiger charge is -2.05. The molecule has 1 aliphatic carbocycles. The zero-order chi connectivity index (χ0) is 12.7. The van der Waals surface area contributed by atoms with Crippen LogP contribution >= 0.6 is 0 Å². The maximum Gasteiger partial charge on any atom is 0.224 e. The lowest BCUT2D eigenvalue weighted by Crippen LogP contribution is -2.27. The van der Waals surface area contributed by atoms with Gasteiger partial charge >= 0.3 is 0 Å². The molecule has 0 saturated heterocycles. The van der Waals surface area contributed by atoms with Crippen molar-refractivity contribution in [2.75, 3.05) is 0 Å². The van der Waals surface area contributed by atoms with Crippen molar-refractivity contribution in [1.82, 2.24) is 10.3 Å². The highest BCUT2D eigenvalue weighted by molar-refractivity contribution is 5.84. The summed E-state index contributed by atoms with van der Waals surface area (Å²) in [7, 11) is 0. The summed E-state index contributed by atoms with van der Waals surface area (Å²) in [5.74, 6) is 0.254. The van der Waals surface area contributed by atoms with Gasteiger partial charge in [0.15, 0.2) is 0 Å². The van der Waals surface area contributed by atoms with E-state index in [0.29, 0.717) is 6.54 Å². The van der Waals surface area contributed by atoms with Gasteiger partial charge in [0.1, 0.15) is 0 Å². The molecule has 1 heterocycles. The molecule has 0 atom stereocenters. The van der Waals surface area contributed by atoms with Crippen LogP contribution in [0.4, 0.5) is 0 Å². The Bertz CT molecular complexity index is 409. The van der Waals surface area contributed by atoms with Crippen LogP contribution < -0.4 is 5.32 Å². The lowest BCUT2D eigenvalue weighted by molar-refractivity contribution is -0.123. The minimum absolute atomic E-state index is 0.0984. The first kappa shape index (κ1) is 12.1. The van der Waals surface area contributed by atoms with Gasteiger partial charge in [-0.15, -0.1) is 0 Å². The minimum atomic E-state index is 0.0984. The van der Waals surface area contributed by atoms with Crippen molar-refractivity contribution >= 4 is 5.91 Å². The average Bonchev–Trinajstić information content (AvgIpc) is 2.68. The van der Waals surface area contributed by atoms with E-state index in [4.69, 9.17) is 0 Å². The summed E-state index contributed by atoms with van der Waals surface area (Å²) in [6, 6.07) is 5.72. The van der Waals surface area contributed by atoms with E-state index < -0.39 is 0 Å². The smallest absolute Gasteiger partial charge is 0.224 e. The molecule has 0 radical (unpaired) electrons. The zero-order valence-corrected chi connectivity index (χ0v) is 10.9. The first-order chi connectivity index (χ1) is 7.87. The first-order valence-corrected chi connectivity index (χ1v) is 6.05. The van der Waals surface area contributed by atoms with Gasteiger partial charge in [-0.25, -0.2) is 0 Å². The van der Waals surface area contributed by atoms with Gasteiger partial charge < -0.3 is 5.32 Å². The predicted molar refractivity (Wildman–Crippen MR) is 67.1 cm³/mol. The van der Waals surface area contributed by atoms with Crippen molar-refractivity contribution in [2.45, 2.75) is 34.2 Å². The monoisotopic (exact) mass is 232 g/mol. The van der Waals surface area contributed by atoms with E-state index >= 15 is 0 Å². The van der Waals surface area contributed by atoms with Crippen molar-refractivity contribution < 1.29 is 4.79 Å². The van der Waals surface area contributed by atoms with Gasteiger partial charge in [0.05, 0.1) is 12.2 Å². The van der Waals surface area contributed by atoms with E-state index in [2.05, 4.69) is 38.0 Å². The summed E-state index contributed by atoms with van der Waals surface area (Å²) < 4.78 is 0. The Balaban J connectivity index is 1.92. The second-order valence-electron chi connectivity index (χ2n) is 5.92. The number of amides is 1. The second kappa shape index (κ2) is 3.83. The molecular weight excluding hydrogens is 212 g/mol. The quantitative estimate of drug-likeness (QED) is 0.869. The molecule has 1 N–H and O–H groups in total. The molecule has 0 unspecified atom stereocenters. The largest absolute Gasteiger partial charge is 0.350 e. The van der Waals surface area contributed by atoms with Crippen LogP contribution in [0.15, 0.2) is 24.4 Å². The maximum absolute atomic E-state index is 12.1. The van der Waals surface area contributed by atoms with E-state index in [9.17, 15) is 4.79 Å². The molecule has 1 fully saturated rings. The molecule has 1 aromatic heterocycles. The van der Waals surface area contributed by atoms with Crippen LogP contribution in [0.3, 0.4) is 0 Å². The minimum Gasteiger partial charge on any atom is -0.350 e. The maximum atomic E-state index is 12.1. The highest BCUT2D eigenvalue weighted by Crippen LogP contribution is 2.68. The highest BCUT2D eigenvalue weighted by atomic mass is 16.2. The first-order valence-electron chi connectivity index (χ1n) is 6.05. The number of hydrogen-bond acceptors (Lipinski definition) is 2. The van der Waals surface area contributed by atoms with Crippen LogP contribution in [-0.4, -0.2) is 10.9 Å². The van der Waals surface area contributed by atoms with E-state index in [0.717, 1.165) is 5.69 Å². The van der Waals surface area contributed by atoms with Gasteiger partial charge in [0.25, 0.3) is 0 Å². The molecule has 0 spiro atoms. The van der Waals surface area contributed by atoms with Crippen LogP contribution in [0, 0.1) is 16.7 Å². The number of rotatable bonds is 3. The molecule has 3 heteroatoms. The van der Waals surface area contributed by atoms with E-state index in [1.807, 2.05) is 18.2 Å². The fourth-order valence-electron chi connectivity index (χ4n) is 2.63. The molecule has 1 aliphatic rings. The summed E-state index contributed by atoms with van der Waals surface area (Å²) in [6.07, 6.45) is 1.74. The van der Waals surface area contributed by atoms with Gasteiger partial charge in [-0.05, 0) is 23.0 Å². The Kier molecular flexibility index (Phi) is 2.72. The van der Waals surface area contributed by atoms with Crippen molar-refractivity contribution in [2.24, 2.45) is 16.7 Å². The highest BCUT2D eigenvalue weighted by Gasteiger charge is 2.68. The number of nitrogens with one attached hydrogen (secondary N) is 1. The van der Waals surface area contributed by atoms with Crippen molar-refractivity contribution in [1.29, 1.82) is 0 Å². The normalized spacial score (nSPS) is 20.9. The van der Waals surface area contributed by atoms with Crippen molar-refractivity contribution in [3.63, 3.8) is 0 Å². The number of nitrogens with zero attached hydrogens (tertiary/aromatic N) is 1.